The number of thioether (sulfide) groups is 1. The number of anilines is 1. The maximum atomic E-state index is 5.47. The summed E-state index contributed by atoms with van der Waals surface area (Å²) in [5.41, 5.74) is 2.23. The van der Waals surface area contributed by atoms with Crippen molar-refractivity contribution >= 4 is 17.7 Å². The molecule has 8 nitrogen and oxygen atoms in total. The van der Waals surface area contributed by atoms with Crippen LogP contribution in [0.25, 0.3) is 5.69 Å². The zero-order valence-electron chi connectivity index (χ0n) is 14.8. The van der Waals surface area contributed by atoms with Crippen LogP contribution in [-0.4, -0.2) is 51.2 Å². The van der Waals surface area contributed by atoms with Gasteiger partial charge in [-0.1, -0.05) is 29.1 Å². The van der Waals surface area contributed by atoms with Crippen molar-refractivity contribution in [1.29, 1.82) is 0 Å². The molecule has 1 aliphatic heterocycles. The van der Waals surface area contributed by atoms with E-state index in [0.29, 0.717) is 30.7 Å². The smallest absolute Gasteiger partial charge is 0.232 e. The molecule has 3 heterocycles. The number of benzene rings is 1. The number of aromatic nitrogens is 5. The van der Waals surface area contributed by atoms with E-state index in [1.54, 1.807) is 18.7 Å². The van der Waals surface area contributed by atoms with Crippen LogP contribution in [0.3, 0.4) is 0 Å². The fourth-order valence-electron chi connectivity index (χ4n) is 2.85. The number of ether oxygens (including phenoxy) is 1. The third-order valence-corrected chi connectivity index (χ3v) is 5.00. The molecule has 0 radical (unpaired) electrons. The van der Waals surface area contributed by atoms with E-state index in [1.165, 1.54) is 5.56 Å². The number of hydrogen-bond donors (Lipinski definition) is 0. The van der Waals surface area contributed by atoms with Gasteiger partial charge in [-0.2, -0.15) is 4.98 Å². The van der Waals surface area contributed by atoms with E-state index in [-0.39, 0.29) is 0 Å². The fraction of sp³-hybridized carbons (Fsp3) is 0.412. The lowest BCUT2D eigenvalue weighted by Crippen LogP contribution is -2.37. The number of hydrogen-bond acceptors (Lipinski definition) is 8. The topological polar surface area (TPSA) is 82.1 Å². The van der Waals surface area contributed by atoms with E-state index in [9.17, 15) is 0 Å². The molecule has 0 saturated carbocycles. The molecule has 0 atom stereocenters. The second-order valence-electron chi connectivity index (χ2n) is 6.07. The lowest BCUT2D eigenvalue weighted by atomic mass is 10.2. The van der Waals surface area contributed by atoms with Gasteiger partial charge < -0.3 is 14.2 Å². The Morgan fingerprint density at radius 3 is 2.73 bits per heavy atom. The van der Waals surface area contributed by atoms with E-state index in [2.05, 4.69) is 54.9 Å². The third kappa shape index (κ3) is 3.58. The minimum Gasteiger partial charge on any atom is -0.378 e. The van der Waals surface area contributed by atoms with Gasteiger partial charge in [0.25, 0.3) is 0 Å². The van der Waals surface area contributed by atoms with Crippen LogP contribution >= 0.6 is 11.8 Å². The second-order valence-corrected chi connectivity index (χ2v) is 7.02. The molecule has 136 valence electrons. The van der Waals surface area contributed by atoms with Crippen LogP contribution in [0.1, 0.15) is 17.3 Å². The Bertz CT molecular complexity index is 887. The van der Waals surface area contributed by atoms with Crippen molar-refractivity contribution in [3.8, 4) is 5.69 Å². The summed E-state index contributed by atoms with van der Waals surface area (Å²) in [6, 6.07) is 8.33. The van der Waals surface area contributed by atoms with Gasteiger partial charge in [-0.15, -0.1) is 10.2 Å². The molecule has 0 unspecified atom stereocenters. The summed E-state index contributed by atoms with van der Waals surface area (Å²) in [6.07, 6.45) is 0. The first kappa shape index (κ1) is 17.0. The summed E-state index contributed by atoms with van der Waals surface area (Å²) in [5.74, 6) is 2.63. The predicted molar refractivity (Wildman–Crippen MR) is 97.7 cm³/mol. The van der Waals surface area contributed by atoms with Gasteiger partial charge in [-0.3, -0.25) is 4.57 Å². The average molecular weight is 372 g/mol. The summed E-state index contributed by atoms with van der Waals surface area (Å²) in [7, 11) is 0. The van der Waals surface area contributed by atoms with Crippen molar-refractivity contribution < 1.29 is 9.26 Å². The van der Waals surface area contributed by atoms with Crippen LogP contribution < -0.4 is 4.90 Å². The van der Waals surface area contributed by atoms with Crippen molar-refractivity contribution in [2.75, 3.05) is 31.2 Å². The average Bonchev–Trinajstić information content (AvgIpc) is 3.26. The zero-order chi connectivity index (χ0) is 17.9. The number of aryl methyl sites for hydroxylation is 2. The maximum absolute atomic E-state index is 5.47. The molecule has 1 aromatic carbocycles. The van der Waals surface area contributed by atoms with Crippen LogP contribution in [0, 0.1) is 13.8 Å². The molecule has 1 fully saturated rings. The molecule has 1 saturated heterocycles. The van der Waals surface area contributed by atoms with Crippen LogP contribution in [0.5, 0.6) is 0 Å². The van der Waals surface area contributed by atoms with Crippen molar-refractivity contribution in [1.82, 2.24) is 24.9 Å². The van der Waals surface area contributed by atoms with Gasteiger partial charge in [0.05, 0.1) is 24.7 Å². The Hall–Kier alpha value is -2.39. The second kappa shape index (κ2) is 7.46. The van der Waals surface area contributed by atoms with E-state index in [0.717, 1.165) is 29.9 Å². The molecule has 9 heteroatoms. The van der Waals surface area contributed by atoms with Crippen LogP contribution in [0.4, 0.5) is 5.95 Å². The minimum atomic E-state index is 0.565. The molecule has 2 aromatic heterocycles. The molecule has 0 aliphatic carbocycles. The van der Waals surface area contributed by atoms with E-state index >= 15 is 0 Å². The summed E-state index contributed by atoms with van der Waals surface area (Å²) in [6.45, 7) is 6.87. The lowest BCUT2D eigenvalue weighted by molar-refractivity contribution is 0.122. The predicted octanol–water partition coefficient (Wildman–Crippen LogP) is 2.40. The van der Waals surface area contributed by atoms with Crippen LogP contribution in [0.15, 0.2) is 33.9 Å². The van der Waals surface area contributed by atoms with Gasteiger partial charge in [0.15, 0.2) is 11.0 Å². The van der Waals surface area contributed by atoms with Crippen molar-refractivity contribution in [2.45, 2.75) is 24.8 Å². The largest absolute Gasteiger partial charge is 0.378 e. The molecular weight excluding hydrogens is 352 g/mol. The molecule has 3 aromatic rings. The number of nitrogens with zero attached hydrogens (tertiary/aromatic N) is 6. The minimum absolute atomic E-state index is 0.565. The molecule has 1 aliphatic rings. The zero-order valence-corrected chi connectivity index (χ0v) is 15.6. The quantitative estimate of drug-likeness (QED) is 0.632. The Balaban J connectivity index is 1.67. The van der Waals surface area contributed by atoms with E-state index in [1.807, 2.05) is 6.07 Å². The normalized spacial score (nSPS) is 14.8. The molecule has 0 bridgehead atoms. The summed E-state index contributed by atoms with van der Waals surface area (Å²) >= 11 is 1.55. The molecular formula is C17H20N6O2S. The molecule has 0 spiro atoms. The molecule has 26 heavy (non-hydrogen) atoms. The highest BCUT2D eigenvalue weighted by Gasteiger charge is 2.22. The highest BCUT2D eigenvalue weighted by molar-refractivity contribution is 7.98. The highest BCUT2D eigenvalue weighted by atomic mass is 32.2. The Kier molecular flexibility index (Phi) is 4.89. The van der Waals surface area contributed by atoms with Gasteiger partial charge in [0, 0.05) is 20.0 Å². The fourth-order valence-corrected chi connectivity index (χ4v) is 3.64. The molecule has 0 amide bonds. The maximum Gasteiger partial charge on any atom is 0.232 e. The first-order valence-corrected chi connectivity index (χ1v) is 9.46. The van der Waals surface area contributed by atoms with Gasteiger partial charge in [0.1, 0.15) is 0 Å². The molecule has 0 N–H and O–H groups in total. The van der Waals surface area contributed by atoms with Crippen molar-refractivity contribution in [2.24, 2.45) is 0 Å². The standard InChI is InChI=1S/C17H20N6O2S/c1-12-4-3-5-14(10-12)23-16(22-6-8-24-9-7-22)19-20-17(23)26-11-15-18-13(2)25-21-15/h3-5,10H,6-9,11H2,1-2H3. The van der Waals surface area contributed by atoms with E-state index < -0.39 is 0 Å². The summed E-state index contributed by atoms with van der Waals surface area (Å²) in [5, 5.41) is 13.6. The third-order valence-electron chi connectivity index (χ3n) is 4.07. The summed E-state index contributed by atoms with van der Waals surface area (Å²) < 4.78 is 12.6. The Labute approximate surface area is 155 Å². The first-order chi connectivity index (χ1) is 12.7. The first-order valence-electron chi connectivity index (χ1n) is 8.48. The summed E-state index contributed by atoms with van der Waals surface area (Å²) in [4.78, 5) is 6.47. The van der Waals surface area contributed by atoms with Gasteiger partial charge in [-0.25, -0.2) is 0 Å². The van der Waals surface area contributed by atoms with Gasteiger partial charge >= 0.3 is 0 Å². The number of rotatable bonds is 5. The Morgan fingerprint density at radius 2 is 2.00 bits per heavy atom. The SMILES string of the molecule is Cc1cccc(-n2c(SCc3noc(C)n3)nnc2N2CCOCC2)c1. The molecule has 4 rings (SSSR count). The highest BCUT2D eigenvalue weighted by Crippen LogP contribution is 2.29. The van der Waals surface area contributed by atoms with Gasteiger partial charge in [0.2, 0.25) is 11.8 Å². The number of morpholine rings is 1. The van der Waals surface area contributed by atoms with Crippen molar-refractivity contribution in [3.63, 3.8) is 0 Å². The monoisotopic (exact) mass is 372 g/mol. The lowest BCUT2D eigenvalue weighted by Gasteiger charge is -2.28. The Morgan fingerprint density at radius 1 is 1.15 bits per heavy atom. The van der Waals surface area contributed by atoms with Crippen molar-refractivity contribution in [3.05, 3.63) is 41.5 Å². The van der Waals surface area contributed by atoms with Crippen LogP contribution in [-0.2, 0) is 10.5 Å². The van der Waals surface area contributed by atoms with Gasteiger partial charge in [-0.05, 0) is 24.6 Å². The van der Waals surface area contributed by atoms with Crippen LogP contribution in [0.2, 0.25) is 0 Å². The van der Waals surface area contributed by atoms with E-state index in [4.69, 9.17) is 9.26 Å².